The van der Waals surface area contributed by atoms with E-state index in [-0.39, 0.29) is 11.7 Å². The lowest BCUT2D eigenvalue weighted by molar-refractivity contribution is 0.153. The van der Waals surface area contributed by atoms with Crippen molar-refractivity contribution in [3.63, 3.8) is 0 Å². The molecular weight excluding hydrogens is 336 g/mol. The fraction of sp³-hybridized carbons (Fsp3) is 0.391. The average molecular weight is 367 g/mol. The van der Waals surface area contributed by atoms with Gasteiger partial charge < -0.3 is 20.0 Å². The van der Waals surface area contributed by atoms with Crippen LogP contribution >= 0.6 is 0 Å². The summed E-state index contributed by atoms with van der Waals surface area (Å²) in [5.41, 5.74) is 4.70. The molecule has 2 N–H and O–H groups in total. The molecule has 0 saturated heterocycles. The predicted octanol–water partition coefficient (Wildman–Crippen LogP) is 4.42. The maximum absolute atomic E-state index is 10.7. The lowest BCUT2D eigenvalue weighted by Gasteiger charge is -2.36. The van der Waals surface area contributed by atoms with Crippen molar-refractivity contribution in [2.24, 2.45) is 0 Å². The van der Waals surface area contributed by atoms with E-state index in [2.05, 4.69) is 31.0 Å². The minimum Gasteiger partial charge on any atom is -0.511 e. The summed E-state index contributed by atoms with van der Waals surface area (Å²) >= 11 is 0. The second kappa shape index (κ2) is 8.05. The van der Waals surface area contributed by atoms with Crippen molar-refractivity contribution < 1.29 is 10.2 Å². The molecule has 27 heavy (non-hydrogen) atoms. The Labute approximate surface area is 162 Å². The van der Waals surface area contributed by atoms with Crippen molar-refractivity contribution in [1.82, 2.24) is 0 Å². The number of benzene rings is 2. The highest BCUT2D eigenvalue weighted by molar-refractivity contribution is 5.80. The molecule has 4 nitrogen and oxygen atoms in total. The van der Waals surface area contributed by atoms with E-state index in [0.29, 0.717) is 5.57 Å². The largest absolute Gasteiger partial charge is 0.511 e. The summed E-state index contributed by atoms with van der Waals surface area (Å²) < 4.78 is 0. The Bertz CT molecular complexity index is 794. The number of nitrogens with zero attached hydrogens (tertiary/aromatic N) is 2. The summed E-state index contributed by atoms with van der Waals surface area (Å²) in [7, 11) is 6.07. The molecule has 0 fully saturated rings. The molecule has 0 radical (unpaired) electrons. The molecule has 2 aromatic rings. The zero-order chi connectivity index (χ0) is 19.6. The quantitative estimate of drug-likeness (QED) is 0.762. The van der Waals surface area contributed by atoms with Crippen LogP contribution in [-0.4, -0.2) is 44.0 Å². The zero-order valence-corrected chi connectivity index (χ0v) is 16.7. The molecular formula is C23H30N2O2. The first kappa shape index (κ1) is 19.3. The number of unbranched alkanes of at least 4 members (excludes halogenated alkanes) is 1. The van der Waals surface area contributed by atoms with Gasteiger partial charge in [-0.2, -0.15) is 0 Å². The molecule has 0 aliphatic heterocycles. The molecule has 2 unspecified atom stereocenters. The van der Waals surface area contributed by atoms with Gasteiger partial charge in [-0.05, 0) is 41.8 Å². The van der Waals surface area contributed by atoms with Gasteiger partial charge in [0.25, 0.3) is 0 Å². The van der Waals surface area contributed by atoms with Crippen molar-refractivity contribution in [1.29, 1.82) is 0 Å². The van der Waals surface area contributed by atoms with Crippen LogP contribution in [0, 0.1) is 0 Å². The van der Waals surface area contributed by atoms with Gasteiger partial charge in [-0.3, -0.25) is 0 Å². The van der Waals surface area contributed by atoms with Gasteiger partial charge >= 0.3 is 0 Å². The molecule has 3 rings (SSSR count). The van der Waals surface area contributed by atoms with Gasteiger partial charge in [-0.1, -0.05) is 37.6 Å². The third-order valence-corrected chi connectivity index (χ3v) is 5.42. The van der Waals surface area contributed by atoms with Crippen LogP contribution in [0.15, 0.2) is 54.3 Å². The molecule has 0 bridgehead atoms. The SMILES string of the molecule is CCCCN(C)c1ccc(C2C(O)=C(c3ccc(N(C)C)cc3)C2O)cc1. The lowest BCUT2D eigenvalue weighted by atomic mass is 9.73. The van der Waals surface area contributed by atoms with Crippen LogP contribution in [0.1, 0.15) is 36.8 Å². The molecule has 0 spiro atoms. The van der Waals surface area contributed by atoms with Gasteiger partial charge in [0.2, 0.25) is 0 Å². The summed E-state index contributed by atoms with van der Waals surface area (Å²) in [6.45, 7) is 3.22. The van der Waals surface area contributed by atoms with Crippen LogP contribution in [0.5, 0.6) is 0 Å². The van der Waals surface area contributed by atoms with E-state index < -0.39 is 6.10 Å². The smallest absolute Gasteiger partial charge is 0.109 e. The topological polar surface area (TPSA) is 46.9 Å². The van der Waals surface area contributed by atoms with Crippen LogP contribution in [0.4, 0.5) is 11.4 Å². The standard InChI is InChI=1S/C23H30N2O2/c1-5-6-15-25(4)19-13-9-17(10-14-19)21-22(26)20(23(21)27)16-7-11-18(12-8-16)24(2)3/h7-14,21-22,26-27H,5-6,15H2,1-4H3. The van der Waals surface area contributed by atoms with Crippen LogP contribution < -0.4 is 9.80 Å². The molecule has 1 aliphatic carbocycles. The molecule has 144 valence electrons. The van der Waals surface area contributed by atoms with Gasteiger partial charge in [0.05, 0.1) is 12.0 Å². The Morgan fingerprint density at radius 3 is 2.00 bits per heavy atom. The molecule has 0 amide bonds. The van der Waals surface area contributed by atoms with Gasteiger partial charge in [-0.25, -0.2) is 0 Å². The van der Waals surface area contributed by atoms with Gasteiger partial charge in [0.1, 0.15) is 5.76 Å². The zero-order valence-electron chi connectivity index (χ0n) is 16.7. The third kappa shape index (κ3) is 3.81. The number of hydrogen-bond acceptors (Lipinski definition) is 4. The molecule has 0 heterocycles. The van der Waals surface area contributed by atoms with Crippen molar-refractivity contribution in [3.8, 4) is 0 Å². The monoisotopic (exact) mass is 366 g/mol. The Hall–Kier alpha value is -2.46. The first-order chi connectivity index (χ1) is 12.9. The lowest BCUT2D eigenvalue weighted by Crippen LogP contribution is -2.33. The van der Waals surface area contributed by atoms with Gasteiger partial charge in [-0.15, -0.1) is 0 Å². The highest BCUT2D eigenvalue weighted by Gasteiger charge is 2.41. The summed E-state index contributed by atoms with van der Waals surface area (Å²) in [5.74, 6) is -0.0734. The fourth-order valence-electron chi connectivity index (χ4n) is 3.60. The summed E-state index contributed by atoms with van der Waals surface area (Å²) in [5, 5.41) is 21.3. The third-order valence-electron chi connectivity index (χ3n) is 5.42. The number of aliphatic hydroxyl groups excluding tert-OH is 2. The van der Waals surface area contributed by atoms with E-state index in [1.165, 1.54) is 12.8 Å². The fourth-order valence-corrected chi connectivity index (χ4v) is 3.60. The van der Waals surface area contributed by atoms with Crippen molar-refractivity contribution in [2.45, 2.75) is 31.8 Å². The Kier molecular flexibility index (Phi) is 5.76. The van der Waals surface area contributed by atoms with E-state index in [4.69, 9.17) is 0 Å². The summed E-state index contributed by atoms with van der Waals surface area (Å²) in [6.07, 6.45) is 1.66. The minimum atomic E-state index is -0.682. The minimum absolute atomic E-state index is 0.271. The molecule has 2 aromatic carbocycles. The molecule has 2 atom stereocenters. The van der Waals surface area contributed by atoms with E-state index in [1.54, 1.807) is 0 Å². The maximum Gasteiger partial charge on any atom is 0.109 e. The normalized spacial score (nSPS) is 19.0. The molecule has 4 heteroatoms. The first-order valence-corrected chi connectivity index (χ1v) is 9.64. The molecule has 0 aromatic heterocycles. The number of rotatable bonds is 7. The average Bonchev–Trinajstić information content (AvgIpc) is 2.67. The second-order valence-electron chi connectivity index (χ2n) is 7.53. The summed E-state index contributed by atoms with van der Waals surface area (Å²) in [4.78, 5) is 4.26. The Morgan fingerprint density at radius 1 is 0.889 bits per heavy atom. The molecule has 0 saturated carbocycles. The van der Waals surface area contributed by atoms with E-state index in [0.717, 1.165) is 29.0 Å². The van der Waals surface area contributed by atoms with Crippen LogP contribution in [0.2, 0.25) is 0 Å². The van der Waals surface area contributed by atoms with E-state index >= 15 is 0 Å². The summed E-state index contributed by atoms with van der Waals surface area (Å²) in [6, 6.07) is 16.0. The van der Waals surface area contributed by atoms with E-state index in [1.807, 2.05) is 55.4 Å². The number of hydrogen-bond donors (Lipinski definition) is 2. The molecule has 1 aliphatic rings. The predicted molar refractivity (Wildman–Crippen MR) is 114 cm³/mol. The van der Waals surface area contributed by atoms with Crippen molar-refractivity contribution >= 4 is 16.9 Å². The van der Waals surface area contributed by atoms with Crippen LogP contribution in [-0.2, 0) is 0 Å². The Balaban J connectivity index is 1.77. The van der Waals surface area contributed by atoms with E-state index in [9.17, 15) is 10.2 Å². The van der Waals surface area contributed by atoms with Gasteiger partial charge in [0, 0.05) is 44.6 Å². The highest BCUT2D eigenvalue weighted by atomic mass is 16.3. The maximum atomic E-state index is 10.7. The first-order valence-electron chi connectivity index (χ1n) is 9.64. The second-order valence-corrected chi connectivity index (χ2v) is 7.53. The Morgan fingerprint density at radius 2 is 1.48 bits per heavy atom. The van der Waals surface area contributed by atoms with Crippen LogP contribution in [0.3, 0.4) is 0 Å². The van der Waals surface area contributed by atoms with Gasteiger partial charge in [0.15, 0.2) is 0 Å². The van der Waals surface area contributed by atoms with Crippen molar-refractivity contribution in [3.05, 3.63) is 65.4 Å². The van der Waals surface area contributed by atoms with Crippen molar-refractivity contribution in [2.75, 3.05) is 37.5 Å². The highest BCUT2D eigenvalue weighted by Crippen LogP contribution is 2.46. The van der Waals surface area contributed by atoms with Crippen LogP contribution in [0.25, 0.3) is 5.57 Å². The number of anilines is 2. The number of aliphatic hydroxyl groups is 2.